The highest BCUT2D eigenvalue weighted by Gasteiger charge is 2.23. The number of aromatic nitrogens is 3. The summed E-state index contributed by atoms with van der Waals surface area (Å²) < 4.78 is 1.53. The number of halogens is 2. The van der Waals surface area contributed by atoms with E-state index in [1.54, 1.807) is 48.9 Å². The Balaban J connectivity index is 1.55. The lowest BCUT2D eigenvalue weighted by Crippen LogP contribution is -2.32. The minimum Gasteiger partial charge on any atom is -0.397 e. The fraction of sp³-hybridized carbons (Fsp3) is 0.226. The number of carbonyl (C=O) groups is 1. The van der Waals surface area contributed by atoms with Gasteiger partial charge in [0.05, 0.1) is 65.2 Å². The smallest absolute Gasteiger partial charge is 0.254 e. The van der Waals surface area contributed by atoms with Gasteiger partial charge in [-0.15, -0.1) is 0 Å². The molecule has 8 N–H and O–H groups in total. The number of pyridine rings is 1. The molecular formula is C31H33Cl2N11O2. The Hall–Kier alpha value is -4.98. The second kappa shape index (κ2) is 14.4. The molecule has 2 unspecified atom stereocenters. The number of benzene rings is 1. The Morgan fingerprint density at radius 3 is 2.74 bits per heavy atom. The molecule has 15 heteroatoms. The van der Waals surface area contributed by atoms with Gasteiger partial charge in [-0.1, -0.05) is 36.5 Å². The average molecular weight is 663 g/mol. The van der Waals surface area contributed by atoms with Crippen molar-refractivity contribution >= 4 is 52.9 Å². The van der Waals surface area contributed by atoms with Crippen molar-refractivity contribution in [1.29, 1.82) is 0 Å². The number of rotatable bonds is 6. The van der Waals surface area contributed by atoms with Crippen molar-refractivity contribution in [2.45, 2.75) is 32.2 Å². The third kappa shape index (κ3) is 7.62. The van der Waals surface area contributed by atoms with Gasteiger partial charge in [-0.25, -0.2) is 10.8 Å². The Kier molecular flexibility index (Phi) is 10.2. The number of nitrogens with two attached hydrogens (primary N) is 3. The normalized spacial score (nSPS) is 19.2. The van der Waals surface area contributed by atoms with Gasteiger partial charge in [0.25, 0.3) is 5.56 Å². The first-order valence-corrected chi connectivity index (χ1v) is 15.2. The molecule has 0 spiro atoms. The molecule has 4 heterocycles. The summed E-state index contributed by atoms with van der Waals surface area (Å²) in [6.07, 6.45) is 11.0. The van der Waals surface area contributed by atoms with Crippen LogP contribution in [0, 0.1) is 5.92 Å². The third-order valence-corrected chi connectivity index (χ3v) is 7.82. The molecule has 5 rings (SSSR count). The number of carbonyl (C=O) groups excluding carboxylic acids is 1. The summed E-state index contributed by atoms with van der Waals surface area (Å²) >= 11 is 12.1. The molecule has 3 aromatic rings. The van der Waals surface area contributed by atoms with Crippen molar-refractivity contribution in [3.8, 4) is 11.3 Å². The van der Waals surface area contributed by atoms with E-state index in [0.717, 1.165) is 0 Å². The van der Waals surface area contributed by atoms with Gasteiger partial charge >= 0.3 is 0 Å². The summed E-state index contributed by atoms with van der Waals surface area (Å²) in [5.74, 6) is 5.62. The molecule has 1 aromatic carbocycles. The van der Waals surface area contributed by atoms with Crippen molar-refractivity contribution in [3.05, 3.63) is 105 Å². The molecule has 46 heavy (non-hydrogen) atoms. The maximum absolute atomic E-state index is 13.7. The fourth-order valence-corrected chi connectivity index (χ4v) is 5.36. The van der Waals surface area contributed by atoms with Gasteiger partial charge in [-0.3, -0.25) is 34.1 Å². The van der Waals surface area contributed by atoms with Gasteiger partial charge in [-0.05, 0) is 43.2 Å². The molecule has 0 saturated carbocycles. The van der Waals surface area contributed by atoms with Crippen molar-refractivity contribution in [2.75, 3.05) is 11.7 Å². The van der Waals surface area contributed by atoms with Crippen LogP contribution in [0.3, 0.4) is 0 Å². The van der Waals surface area contributed by atoms with Crippen molar-refractivity contribution < 1.29 is 4.79 Å². The van der Waals surface area contributed by atoms with Crippen LogP contribution in [0.2, 0.25) is 5.02 Å². The molecule has 2 aromatic heterocycles. The van der Waals surface area contributed by atoms with E-state index in [0.29, 0.717) is 76.2 Å². The number of nitrogens with zero attached hydrogens (tertiary/aromatic N) is 6. The number of aliphatic imine (C=N–C) groups is 2. The third-order valence-electron chi connectivity index (χ3n) is 7.49. The average Bonchev–Trinajstić information content (AvgIpc) is 3.04. The second-order valence-corrected chi connectivity index (χ2v) is 11.6. The topological polar surface area (TPSA) is 195 Å². The van der Waals surface area contributed by atoms with Crippen LogP contribution in [0.4, 0.5) is 5.69 Å². The summed E-state index contributed by atoms with van der Waals surface area (Å²) in [7, 11) is 0. The summed E-state index contributed by atoms with van der Waals surface area (Å²) in [5, 5.41) is 7.55. The predicted octanol–water partition coefficient (Wildman–Crippen LogP) is 3.33. The molecule has 2 aliphatic heterocycles. The Morgan fingerprint density at radius 2 is 2.00 bits per heavy atom. The van der Waals surface area contributed by atoms with Crippen LogP contribution in [-0.4, -0.2) is 39.5 Å². The first kappa shape index (κ1) is 32.4. The monoisotopic (exact) mass is 661 g/mol. The maximum atomic E-state index is 13.7. The van der Waals surface area contributed by atoms with E-state index >= 15 is 0 Å². The highest BCUT2D eigenvalue weighted by atomic mass is 35.5. The Bertz CT molecular complexity index is 1840. The fourth-order valence-electron chi connectivity index (χ4n) is 5.08. The number of fused-ring (bicyclic) bond motifs is 2. The number of hydrazine groups is 1. The van der Waals surface area contributed by atoms with Crippen LogP contribution in [0.5, 0.6) is 0 Å². The minimum atomic E-state index is -0.493. The number of hydrogen-bond donors (Lipinski definition) is 5. The lowest BCUT2D eigenvalue weighted by atomic mass is 9.97. The van der Waals surface area contributed by atoms with E-state index in [1.165, 1.54) is 34.4 Å². The van der Waals surface area contributed by atoms with Crippen LogP contribution in [0.1, 0.15) is 43.5 Å². The van der Waals surface area contributed by atoms with Gasteiger partial charge in [0, 0.05) is 40.5 Å². The molecule has 2 bridgehead atoms. The molecule has 0 saturated heterocycles. The van der Waals surface area contributed by atoms with Crippen LogP contribution in [-0.2, 0) is 4.79 Å². The summed E-state index contributed by atoms with van der Waals surface area (Å²) in [5.41, 5.74) is 15.6. The molecule has 1 amide bonds. The van der Waals surface area contributed by atoms with E-state index in [1.807, 2.05) is 6.92 Å². The van der Waals surface area contributed by atoms with Crippen LogP contribution in [0.25, 0.3) is 17.0 Å². The van der Waals surface area contributed by atoms with E-state index < -0.39 is 6.04 Å². The van der Waals surface area contributed by atoms with E-state index in [2.05, 4.69) is 30.6 Å². The van der Waals surface area contributed by atoms with Gasteiger partial charge in [-0.2, -0.15) is 0 Å². The zero-order valence-corrected chi connectivity index (χ0v) is 26.4. The van der Waals surface area contributed by atoms with E-state index in [9.17, 15) is 9.59 Å². The molecule has 0 aliphatic carbocycles. The molecule has 0 radical (unpaired) electrons. The van der Waals surface area contributed by atoms with Crippen LogP contribution in [0.15, 0.2) is 92.7 Å². The van der Waals surface area contributed by atoms with Crippen molar-refractivity contribution in [2.24, 2.45) is 33.2 Å². The zero-order chi connectivity index (χ0) is 32.8. The summed E-state index contributed by atoms with van der Waals surface area (Å²) in [4.78, 5) is 44.7. The second-order valence-electron chi connectivity index (χ2n) is 10.7. The standard InChI is InChI=1S/C31H33Cl2N11O2/c1-18-3-2-4-27(43-17-41-23(11-29(43)45)22-10-20(32)5-6-26(22)44(36)15-28(33)34)24-9-19(7-8-39-24)30(35)25(42-31(18)46)14-40-21-12-37-16-38-13-21/h5-15,17-18,27,37H,2-4,16,34-36H2,1H3,(H,42,46)/b28-15-,30-25?,40-14?. The number of anilines is 1. The van der Waals surface area contributed by atoms with Crippen LogP contribution < -0.4 is 38.5 Å². The first-order chi connectivity index (χ1) is 22.1. The summed E-state index contributed by atoms with van der Waals surface area (Å²) in [6.45, 7) is 2.31. The maximum Gasteiger partial charge on any atom is 0.254 e. The highest BCUT2D eigenvalue weighted by Crippen LogP contribution is 2.32. The number of nitrogens with one attached hydrogen (secondary N) is 2. The van der Waals surface area contributed by atoms with Crippen molar-refractivity contribution in [3.63, 3.8) is 0 Å². The van der Waals surface area contributed by atoms with Gasteiger partial charge in [0.15, 0.2) is 0 Å². The Labute approximate surface area is 275 Å². The van der Waals surface area contributed by atoms with E-state index in [4.69, 9.17) is 40.5 Å². The Morgan fingerprint density at radius 1 is 1.17 bits per heavy atom. The SMILES string of the molecule is CC1CCCC(n2cnc(-c3cc(Cl)ccc3N(N)/C=C(\N)Cl)cc2=O)c2cc(ccn2)C(N)=C(C=NC2=CNCN=C2)NC1=O. The largest absolute Gasteiger partial charge is 0.397 e. The van der Waals surface area contributed by atoms with E-state index in [-0.39, 0.29) is 22.5 Å². The lowest BCUT2D eigenvalue weighted by molar-refractivity contribution is -0.123. The van der Waals surface area contributed by atoms with Crippen molar-refractivity contribution in [1.82, 2.24) is 25.2 Å². The molecule has 0 fully saturated rings. The zero-order valence-electron chi connectivity index (χ0n) is 24.9. The molecule has 2 aliphatic rings. The summed E-state index contributed by atoms with van der Waals surface area (Å²) in [6, 6.07) is 9.44. The minimum absolute atomic E-state index is 0.0286. The van der Waals surface area contributed by atoms with Gasteiger partial charge in [0.2, 0.25) is 5.91 Å². The highest BCUT2D eigenvalue weighted by molar-refractivity contribution is 6.31. The number of amides is 1. The number of hydrogen-bond acceptors (Lipinski definition) is 11. The quantitative estimate of drug-likeness (QED) is 0.114. The lowest BCUT2D eigenvalue weighted by Gasteiger charge is -2.23. The van der Waals surface area contributed by atoms with Gasteiger partial charge in [0.1, 0.15) is 11.8 Å². The molecule has 238 valence electrons. The molecule has 2 atom stereocenters. The predicted molar refractivity (Wildman–Crippen MR) is 181 cm³/mol. The van der Waals surface area contributed by atoms with Crippen LogP contribution >= 0.6 is 23.2 Å². The van der Waals surface area contributed by atoms with Gasteiger partial charge < -0.3 is 22.1 Å². The number of allylic oxidation sites excluding steroid dienone is 2. The molecular weight excluding hydrogens is 629 g/mol. The first-order valence-electron chi connectivity index (χ1n) is 14.4. The molecule has 13 nitrogen and oxygen atoms in total.